The number of benzene rings is 2. The van der Waals surface area contributed by atoms with E-state index in [-0.39, 0.29) is 54.4 Å². The van der Waals surface area contributed by atoms with Crippen molar-refractivity contribution in [1.82, 2.24) is 29.9 Å². The fourth-order valence-electron chi connectivity index (χ4n) is 5.37. The number of nitrogens with one attached hydrogen (secondary N) is 3. The second-order valence-electron chi connectivity index (χ2n) is 11.8. The summed E-state index contributed by atoms with van der Waals surface area (Å²) in [4.78, 5) is 32.8. The first-order valence-electron chi connectivity index (χ1n) is 15.7. The van der Waals surface area contributed by atoms with Crippen molar-refractivity contribution in [3.63, 3.8) is 0 Å². The van der Waals surface area contributed by atoms with Crippen molar-refractivity contribution in [2.24, 2.45) is 0 Å². The first-order chi connectivity index (χ1) is 24.6. The van der Waals surface area contributed by atoms with Crippen LogP contribution in [0.5, 0.6) is 0 Å². The van der Waals surface area contributed by atoms with Gasteiger partial charge in [0, 0.05) is 41.9 Å². The van der Waals surface area contributed by atoms with Gasteiger partial charge in [0.1, 0.15) is 22.6 Å². The molecule has 2 aliphatic rings. The molecule has 2 amide bonds. The Bertz CT molecular complexity index is 2110. The van der Waals surface area contributed by atoms with Crippen molar-refractivity contribution >= 4 is 58.3 Å². The number of nitrogens with zero attached hydrogens (tertiary/aromatic N) is 5. The van der Waals surface area contributed by atoms with E-state index in [4.69, 9.17) is 34.8 Å². The molecule has 4 aromatic heterocycles. The molecule has 2 saturated carbocycles. The Morgan fingerprint density at radius 2 is 1.29 bits per heavy atom. The van der Waals surface area contributed by atoms with Crippen LogP contribution in [0.4, 0.5) is 20.4 Å². The number of anilines is 2. The summed E-state index contributed by atoms with van der Waals surface area (Å²) in [6.45, 7) is 0. The summed E-state index contributed by atoms with van der Waals surface area (Å²) in [5.74, 6) is 0.400. The van der Waals surface area contributed by atoms with Crippen molar-refractivity contribution in [1.29, 1.82) is 0 Å². The zero-order valence-corrected chi connectivity index (χ0v) is 31.9. The molecule has 0 radical (unpaired) electrons. The van der Waals surface area contributed by atoms with Crippen LogP contribution in [-0.4, -0.2) is 41.8 Å². The molecule has 2 fully saturated rings. The Morgan fingerprint density at radius 1 is 0.731 bits per heavy atom. The van der Waals surface area contributed by atoms with Crippen LogP contribution in [0.15, 0.2) is 110 Å². The van der Waals surface area contributed by atoms with Gasteiger partial charge >= 0.3 is 29.6 Å². The minimum absolute atomic E-state index is 0. The fraction of sp³-hybridized carbons (Fsp3) is 0.167. The van der Waals surface area contributed by atoms with E-state index in [1.54, 1.807) is 85.2 Å². The Morgan fingerprint density at radius 3 is 1.75 bits per heavy atom. The van der Waals surface area contributed by atoms with Gasteiger partial charge in [-0.05, 0) is 62.1 Å². The Labute approximate surface area is 336 Å². The maximum atomic E-state index is 14.1. The molecule has 0 saturated heterocycles. The second-order valence-corrected chi connectivity index (χ2v) is 13.0. The number of hydrogen-bond donors (Lipinski definition) is 3. The largest absolute Gasteiger partial charge is 1.00 e. The molecular formula is C36H30Cl3F2N8NaO2. The molecule has 52 heavy (non-hydrogen) atoms. The molecule has 2 aliphatic carbocycles. The third kappa shape index (κ3) is 9.24. The first kappa shape index (κ1) is 39.0. The van der Waals surface area contributed by atoms with Gasteiger partial charge in [-0.2, -0.15) is 5.10 Å². The van der Waals surface area contributed by atoms with Crippen molar-refractivity contribution in [2.75, 3.05) is 10.6 Å². The fourth-order valence-corrected chi connectivity index (χ4v) is 5.70. The molecule has 2 aromatic carbocycles. The van der Waals surface area contributed by atoms with Crippen molar-refractivity contribution in [3.05, 3.63) is 148 Å². The normalized spacial score (nSPS) is 14.2. The summed E-state index contributed by atoms with van der Waals surface area (Å²) in [6, 6.07) is 22.9. The van der Waals surface area contributed by atoms with Crippen LogP contribution < -0.4 is 40.2 Å². The van der Waals surface area contributed by atoms with Crippen molar-refractivity contribution in [2.45, 2.75) is 36.5 Å². The summed E-state index contributed by atoms with van der Waals surface area (Å²) in [7, 11) is 0. The number of carbonyl (C=O) groups excluding carboxylic acids is 2. The van der Waals surface area contributed by atoms with E-state index in [0.29, 0.717) is 69.5 Å². The third-order valence-corrected chi connectivity index (χ3v) is 9.04. The molecule has 6 aromatic rings. The standard InChI is InChI=1S/C18H14ClFN4O.C13H12FN3O.C5H3Cl2N.Na.H/c19-12-5-6-16(21-11-12)24-10-7-15(23-24)22-17(25)18(8-9-18)13-3-1-2-4-14(13)20;14-10-4-2-1-3-9(10)13(6-7-13)12(18)16-11-5-8-15-17-11;6-4-1-2-5(7)8-3-4;;/h1-7,10-11H,8-9H2,(H,22,23,25);1-5,8H,6-7H2,(H2,15,16,17,18);1-3H;;/q;;;+1;-1. The minimum Gasteiger partial charge on any atom is -1.00 e. The van der Waals surface area contributed by atoms with E-state index in [1.807, 2.05) is 0 Å². The van der Waals surface area contributed by atoms with E-state index in [0.717, 1.165) is 0 Å². The molecule has 0 unspecified atom stereocenters. The summed E-state index contributed by atoms with van der Waals surface area (Å²) in [5, 5.41) is 17.8. The van der Waals surface area contributed by atoms with Crippen LogP contribution in [0, 0.1) is 11.6 Å². The molecule has 0 spiro atoms. The molecule has 10 nitrogen and oxygen atoms in total. The quantitative estimate of drug-likeness (QED) is 0.146. The van der Waals surface area contributed by atoms with E-state index < -0.39 is 10.8 Å². The third-order valence-electron chi connectivity index (χ3n) is 8.37. The van der Waals surface area contributed by atoms with Gasteiger partial charge in [0.15, 0.2) is 11.6 Å². The molecule has 16 heteroatoms. The smallest absolute Gasteiger partial charge is 1.00 e. The molecule has 0 atom stereocenters. The van der Waals surface area contributed by atoms with Crippen LogP contribution in [0.2, 0.25) is 15.2 Å². The number of halogens is 5. The number of pyridine rings is 2. The van der Waals surface area contributed by atoms with Crippen LogP contribution in [0.25, 0.3) is 5.82 Å². The maximum Gasteiger partial charge on any atom is 1.00 e. The average molecular weight is 774 g/mol. The van der Waals surface area contributed by atoms with Gasteiger partial charge in [0.2, 0.25) is 11.8 Å². The van der Waals surface area contributed by atoms with Gasteiger partial charge in [-0.3, -0.25) is 14.7 Å². The molecular weight excluding hydrogens is 744 g/mol. The van der Waals surface area contributed by atoms with Crippen LogP contribution >= 0.6 is 34.8 Å². The number of rotatable bonds is 7. The number of aromatic nitrogens is 6. The molecule has 0 bridgehead atoms. The van der Waals surface area contributed by atoms with Crippen LogP contribution in [-0.2, 0) is 20.4 Å². The van der Waals surface area contributed by atoms with Gasteiger partial charge in [0.05, 0.1) is 27.1 Å². The number of aromatic amines is 1. The van der Waals surface area contributed by atoms with E-state index >= 15 is 0 Å². The predicted molar refractivity (Wildman–Crippen MR) is 192 cm³/mol. The molecule has 3 N–H and O–H groups in total. The summed E-state index contributed by atoms with van der Waals surface area (Å²) >= 11 is 16.8. The number of hydrogen-bond acceptors (Lipinski definition) is 6. The monoisotopic (exact) mass is 772 g/mol. The average Bonchev–Trinajstić information content (AvgIpc) is 4.01. The van der Waals surface area contributed by atoms with Gasteiger partial charge in [-0.25, -0.2) is 23.4 Å². The Hall–Kier alpha value is -4.17. The maximum absolute atomic E-state index is 14.1. The number of carbonyl (C=O) groups is 2. The van der Waals surface area contributed by atoms with Gasteiger partial charge in [0.25, 0.3) is 0 Å². The second kappa shape index (κ2) is 17.1. The zero-order valence-electron chi connectivity index (χ0n) is 28.7. The first-order valence-corrected chi connectivity index (χ1v) is 16.8. The van der Waals surface area contributed by atoms with Crippen LogP contribution in [0.3, 0.4) is 0 Å². The Kier molecular flexibility index (Phi) is 12.8. The zero-order chi connectivity index (χ0) is 36.0. The van der Waals surface area contributed by atoms with Gasteiger partial charge in [-0.15, -0.1) is 5.10 Å². The predicted octanol–water partition coefficient (Wildman–Crippen LogP) is 5.45. The summed E-state index contributed by atoms with van der Waals surface area (Å²) < 4.78 is 29.4. The summed E-state index contributed by atoms with van der Waals surface area (Å²) in [6.07, 6.45) is 8.87. The molecule has 8 rings (SSSR count). The van der Waals surface area contributed by atoms with Crippen molar-refractivity contribution in [3.8, 4) is 5.82 Å². The molecule has 4 heterocycles. The van der Waals surface area contributed by atoms with E-state index in [2.05, 4.69) is 35.9 Å². The van der Waals surface area contributed by atoms with Gasteiger partial charge < -0.3 is 12.1 Å². The molecule has 0 aliphatic heterocycles. The topological polar surface area (TPSA) is 130 Å². The SMILES string of the molecule is Clc1ccc(Cl)nc1.O=C(Nc1ccn(-c2ccc(Cl)cn2)n1)C1(c2ccccc2F)CC1.O=C(Nc1ccn[nH]1)C1(c2ccccc2F)CC1.[H-].[Na+]. The van der Waals surface area contributed by atoms with Crippen molar-refractivity contribution < 1.29 is 49.4 Å². The van der Waals surface area contributed by atoms with Gasteiger partial charge in [-0.1, -0.05) is 71.2 Å². The van der Waals surface area contributed by atoms with E-state index in [1.165, 1.54) is 29.2 Å². The minimum atomic E-state index is -0.798. The Balaban J connectivity index is 0.000000196. The number of amides is 2. The molecule has 262 valence electrons. The van der Waals surface area contributed by atoms with E-state index in [9.17, 15) is 18.4 Å². The summed E-state index contributed by atoms with van der Waals surface area (Å²) in [5.41, 5.74) is -0.599. The number of H-pyrrole nitrogens is 1. The van der Waals surface area contributed by atoms with Crippen LogP contribution in [0.1, 0.15) is 38.2 Å².